The van der Waals surface area contributed by atoms with E-state index in [1.54, 1.807) is 12.2 Å². The average molecular weight is 282 g/mol. The summed E-state index contributed by atoms with van der Waals surface area (Å²) in [4.78, 5) is 23.6. The molecule has 4 heteroatoms. The first-order valence-corrected chi connectivity index (χ1v) is 6.54. The molecule has 0 aromatic carbocycles. The lowest BCUT2D eigenvalue weighted by molar-refractivity contribution is -0.138. The van der Waals surface area contributed by atoms with Crippen molar-refractivity contribution in [1.82, 2.24) is 0 Å². The first-order chi connectivity index (χ1) is 8.95. The smallest absolute Gasteiger partial charge is 0.334 e. The summed E-state index contributed by atoms with van der Waals surface area (Å²) >= 11 is 0. The molecule has 4 nitrogen and oxygen atoms in total. The Morgan fingerprint density at radius 1 is 0.700 bits per heavy atom. The average Bonchev–Trinajstić information content (AvgIpc) is 2.29. The summed E-state index contributed by atoms with van der Waals surface area (Å²) in [5, 5.41) is 0. The minimum Gasteiger partial charge on any atom is -0.466 e. The van der Waals surface area contributed by atoms with E-state index in [0.29, 0.717) is 11.1 Å². The molecule has 0 aliphatic rings. The van der Waals surface area contributed by atoms with Crippen molar-refractivity contribution in [3.05, 3.63) is 23.3 Å². The lowest BCUT2D eigenvalue weighted by atomic mass is 9.83. The molecule has 0 radical (unpaired) electrons. The van der Waals surface area contributed by atoms with Gasteiger partial charge in [-0.15, -0.1) is 0 Å². The highest BCUT2D eigenvalue weighted by Crippen LogP contribution is 2.29. The van der Waals surface area contributed by atoms with Crippen LogP contribution in [-0.2, 0) is 19.1 Å². The summed E-state index contributed by atoms with van der Waals surface area (Å²) in [5.41, 5.74) is 0.266. The Balaban J connectivity index is 5.79. The third-order valence-corrected chi connectivity index (χ3v) is 2.84. The highest BCUT2D eigenvalue weighted by molar-refractivity contribution is 5.92. The summed E-state index contributed by atoms with van der Waals surface area (Å²) in [6, 6.07) is 0. The maximum absolute atomic E-state index is 11.8. The van der Waals surface area contributed by atoms with Gasteiger partial charge in [0.2, 0.25) is 0 Å². The van der Waals surface area contributed by atoms with Gasteiger partial charge in [-0.2, -0.15) is 0 Å². The van der Waals surface area contributed by atoms with E-state index < -0.39 is 11.9 Å². The van der Waals surface area contributed by atoms with E-state index in [1.807, 2.05) is 41.5 Å². The van der Waals surface area contributed by atoms with Gasteiger partial charge in [-0.3, -0.25) is 0 Å². The van der Waals surface area contributed by atoms with Gasteiger partial charge in [-0.25, -0.2) is 9.59 Å². The van der Waals surface area contributed by atoms with Gasteiger partial charge < -0.3 is 9.47 Å². The summed E-state index contributed by atoms with van der Waals surface area (Å²) in [5.74, 6) is -0.793. The molecule has 0 spiro atoms. The molecule has 0 bridgehead atoms. The van der Waals surface area contributed by atoms with Crippen LogP contribution in [0.15, 0.2) is 23.3 Å². The largest absolute Gasteiger partial charge is 0.466 e. The number of hydrogen-bond acceptors (Lipinski definition) is 4. The molecule has 0 amide bonds. The molecule has 0 heterocycles. The normalized spacial score (nSPS) is 14.0. The maximum Gasteiger partial charge on any atom is 0.334 e. The Labute approximate surface area is 121 Å². The van der Waals surface area contributed by atoms with E-state index in [0.717, 1.165) is 0 Å². The van der Waals surface area contributed by atoms with Crippen molar-refractivity contribution in [2.24, 2.45) is 10.8 Å². The summed E-state index contributed by atoms with van der Waals surface area (Å²) in [6.45, 7) is 11.5. The van der Waals surface area contributed by atoms with Gasteiger partial charge in [0.25, 0.3) is 0 Å². The molecule has 0 aromatic rings. The maximum atomic E-state index is 11.8. The zero-order valence-electron chi connectivity index (χ0n) is 13.8. The fourth-order valence-electron chi connectivity index (χ4n) is 1.64. The number of esters is 2. The van der Waals surface area contributed by atoms with Crippen LogP contribution in [0, 0.1) is 10.8 Å². The van der Waals surface area contributed by atoms with Crippen molar-refractivity contribution in [2.45, 2.75) is 41.5 Å². The molecule has 0 rings (SSSR count). The standard InChI is InChI=1S/C16H26O4/c1-15(2,3)11(13(17)19-7)9-10-12(14(18)20-8)16(4,5)6/h9-10H,1-8H3/b11-9+,12-10+. The van der Waals surface area contributed by atoms with Crippen LogP contribution in [0.3, 0.4) is 0 Å². The second-order valence-corrected chi connectivity index (χ2v) is 6.64. The van der Waals surface area contributed by atoms with Gasteiger partial charge in [0.1, 0.15) is 0 Å². The first-order valence-electron chi connectivity index (χ1n) is 6.54. The van der Waals surface area contributed by atoms with Crippen LogP contribution in [0.4, 0.5) is 0 Å². The van der Waals surface area contributed by atoms with Crippen molar-refractivity contribution >= 4 is 11.9 Å². The third kappa shape index (κ3) is 5.19. The first kappa shape index (κ1) is 18.4. The minimum absolute atomic E-state index is 0.372. The van der Waals surface area contributed by atoms with E-state index in [2.05, 4.69) is 0 Å². The molecule has 0 aliphatic heterocycles. The van der Waals surface area contributed by atoms with Gasteiger partial charge >= 0.3 is 11.9 Å². The number of allylic oxidation sites excluding steroid dienone is 2. The van der Waals surface area contributed by atoms with Crippen molar-refractivity contribution in [2.75, 3.05) is 14.2 Å². The van der Waals surface area contributed by atoms with Crippen molar-refractivity contribution in [3.63, 3.8) is 0 Å². The van der Waals surface area contributed by atoms with E-state index in [1.165, 1.54) is 14.2 Å². The molecule has 20 heavy (non-hydrogen) atoms. The number of hydrogen-bond donors (Lipinski definition) is 0. The van der Waals surface area contributed by atoms with Gasteiger partial charge in [-0.05, 0) is 10.8 Å². The van der Waals surface area contributed by atoms with Gasteiger partial charge in [0.15, 0.2) is 0 Å². The van der Waals surface area contributed by atoms with Crippen molar-refractivity contribution in [1.29, 1.82) is 0 Å². The Morgan fingerprint density at radius 3 is 1.10 bits per heavy atom. The molecule has 0 saturated carbocycles. The van der Waals surface area contributed by atoms with Crippen LogP contribution in [0.1, 0.15) is 41.5 Å². The Morgan fingerprint density at radius 2 is 0.950 bits per heavy atom. The van der Waals surface area contributed by atoms with Gasteiger partial charge in [0.05, 0.1) is 14.2 Å². The molecule has 0 aromatic heterocycles. The molecule has 0 N–H and O–H groups in total. The Hall–Kier alpha value is -1.58. The van der Waals surface area contributed by atoms with E-state index >= 15 is 0 Å². The molecule has 0 atom stereocenters. The van der Waals surface area contributed by atoms with E-state index in [4.69, 9.17) is 9.47 Å². The Kier molecular flexibility index (Phi) is 6.20. The molecular formula is C16H26O4. The second kappa shape index (κ2) is 6.73. The predicted molar refractivity (Wildman–Crippen MR) is 79.1 cm³/mol. The molecule has 0 aliphatic carbocycles. The van der Waals surface area contributed by atoms with Crippen molar-refractivity contribution < 1.29 is 19.1 Å². The quantitative estimate of drug-likeness (QED) is 0.453. The lowest BCUT2D eigenvalue weighted by Gasteiger charge is -2.22. The Bertz CT molecular complexity index is 386. The lowest BCUT2D eigenvalue weighted by Crippen LogP contribution is -2.21. The van der Waals surface area contributed by atoms with Crippen LogP contribution in [0.2, 0.25) is 0 Å². The van der Waals surface area contributed by atoms with Gasteiger partial charge in [0, 0.05) is 11.1 Å². The number of carbonyl (C=O) groups is 2. The third-order valence-electron chi connectivity index (χ3n) is 2.84. The minimum atomic E-state index is -0.396. The number of ether oxygens (including phenoxy) is 2. The molecule has 114 valence electrons. The second-order valence-electron chi connectivity index (χ2n) is 6.64. The summed E-state index contributed by atoms with van der Waals surface area (Å²) < 4.78 is 9.58. The fraction of sp³-hybridized carbons (Fsp3) is 0.625. The van der Waals surface area contributed by atoms with Crippen LogP contribution < -0.4 is 0 Å². The van der Waals surface area contributed by atoms with Gasteiger partial charge in [-0.1, -0.05) is 53.7 Å². The molecule has 0 fully saturated rings. The zero-order valence-corrected chi connectivity index (χ0v) is 13.8. The fourth-order valence-corrected chi connectivity index (χ4v) is 1.64. The topological polar surface area (TPSA) is 52.6 Å². The monoisotopic (exact) mass is 282 g/mol. The highest BCUT2D eigenvalue weighted by Gasteiger charge is 2.26. The summed E-state index contributed by atoms with van der Waals surface area (Å²) in [7, 11) is 2.69. The SMILES string of the molecule is COC(=O)/C(=C\C=C(/C(=O)OC)C(C)(C)C)C(C)(C)C. The van der Waals surface area contributed by atoms with E-state index in [9.17, 15) is 9.59 Å². The molecule has 0 unspecified atom stereocenters. The summed E-state index contributed by atoms with van der Waals surface area (Å²) in [6.07, 6.45) is 3.28. The highest BCUT2D eigenvalue weighted by atomic mass is 16.5. The van der Waals surface area contributed by atoms with Crippen LogP contribution >= 0.6 is 0 Å². The predicted octanol–water partition coefficient (Wildman–Crippen LogP) is 3.28. The van der Waals surface area contributed by atoms with Crippen LogP contribution in [0.25, 0.3) is 0 Å². The number of carbonyl (C=O) groups excluding carboxylic acids is 2. The van der Waals surface area contributed by atoms with E-state index in [-0.39, 0.29) is 10.8 Å². The number of methoxy groups -OCH3 is 2. The van der Waals surface area contributed by atoms with Crippen LogP contribution in [-0.4, -0.2) is 26.2 Å². The molecular weight excluding hydrogens is 256 g/mol. The van der Waals surface area contributed by atoms with Crippen molar-refractivity contribution in [3.8, 4) is 0 Å². The zero-order chi connectivity index (χ0) is 16.1. The van der Waals surface area contributed by atoms with Crippen LogP contribution in [0.5, 0.6) is 0 Å². The number of rotatable bonds is 3. The molecule has 0 saturated heterocycles.